The molecule has 0 bridgehead atoms. The summed E-state index contributed by atoms with van der Waals surface area (Å²) in [7, 11) is -26.7. The minimum absolute atomic E-state index is 0.179. The predicted molar refractivity (Wildman–Crippen MR) is 296 cm³/mol. The smallest absolute Gasteiger partial charge is 0.400 e. The molecule has 0 aliphatic carbocycles. The Bertz CT molecular complexity index is 3220. The molecule has 0 saturated carbocycles. The lowest BCUT2D eigenvalue weighted by Crippen LogP contribution is -2.28. The molecule has 49 heteroatoms. The summed E-state index contributed by atoms with van der Waals surface area (Å²) in [6, 6.07) is 0. The van der Waals surface area contributed by atoms with Crippen molar-refractivity contribution < 1.29 is 184 Å². The molecule has 7 aliphatic rings. The van der Waals surface area contributed by atoms with Crippen molar-refractivity contribution in [1.82, 2.24) is 0 Å². The summed E-state index contributed by atoms with van der Waals surface area (Å²) in [5.74, 6) is -5.00. The number of carbonyl (C=O) groups is 7. The molecule has 0 aromatic carbocycles. The Labute approximate surface area is 537 Å². The summed E-state index contributed by atoms with van der Waals surface area (Å²) < 4.78 is 240. The van der Waals surface area contributed by atoms with Crippen molar-refractivity contribution >= 4 is 115 Å². The molecule has 8 unspecified atom stereocenters. The number of unbranched alkanes of at least 4 members (excludes halogenated alkanes) is 4. The molecule has 0 amide bonds. The molecule has 0 radical (unpaired) electrons. The van der Waals surface area contributed by atoms with Crippen molar-refractivity contribution in [3.05, 3.63) is 0 Å². The second kappa shape index (κ2) is 41.5. The fourth-order valence-electron chi connectivity index (χ4n) is 5.68. The summed E-state index contributed by atoms with van der Waals surface area (Å²) in [4.78, 5) is 77.1. The lowest BCUT2D eigenvalue weighted by atomic mass is 10.2. The van der Waals surface area contributed by atoms with E-state index in [1.807, 2.05) is 20.8 Å². The molecule has 7 aliphatic heterocycles. The molecular formula is C44H74O42S7. The first-order valence-electron chi connectivity index (χ1n) is 27.3. The van der Waals surface area contributed by atoms with E-state index in [0.29, 0.717) is 19.4 Å². The number of carbonyl (C=O) groups excluding carboxylic acids is 7. The van der Waals surface area contributed by atoms with Gasteiger partial charge in [-0.1, -0.05) is 53.4 Å². The van der Waals surface area contributed by atoms with E-state index in [-0.39, 0.29) is 78.3 Å². The molecule has 7 fully saturated rings. The fraction of sp³-hybridized carbons (Fsp3) is 0.841. The fourth-order valence-corrected chi connectivity index (χ4v) is 11.0. The summed E-state index contributed by atoms with van der Waals surface area (Å²) in [6.45, 7) is 13.2. The number of hydrogen-bond acceptors (Lipinski definition) is 42. The Balaban J connectivity index is 0.000000544. The van der Waals surface area contributed by atoms with Gasteiger partial charge in [0.15, 0.2) is 0 Å². The van der Waals surface area contributed by atoms with Crippen molar-refractivity contribution in [3.63, 3.8) is 0 Å². The number of hydrogen-bond donors (Lipinski definition) is 0. The van der Waals surface area contributed by atoms with Crippen LogP contribution in [0.15, 0.2) is 0 Å². The lowest BCUT2D eigenvalue weighted by molar-refractivity contribution is -0.156. The van der Waals surface area contributed by atoms with Crippen LogP contribution in [0.2, 0.25) is 0 Å². The van der Waals surface area contributed by atoms with Crippen LogP contribution in [-0.2, 0) is 198 Å². The Kier molecular flexibility index (Phi) is 38.5. The second-order valence-electron chi connectivity index (χ2n) is 18.3. The average molecular weight is 1500 g/mol. The van der Waals surface area contributed by atoms with Gasteiger partial charge in [0.2, 0.25) is 42.7 Å². The van der Waals surface area contributed by atoms with E-state index in [2.05, 4.69) is 79.7 Å². The highest BCUT2D eigenvalue weighted by Crippen LogP contribution is 2.20. The zero-order chi connectivity index (χ0) is 71.0. The third kappa shape index (κ3) is 36.9. The van der Waals surface area contributed by atoms with E-state index >= 15 is 0 Å². The van der Waals surface area contributed by atoms with Crippen molar-refractivity contribution in [2.75, 3.05) is 79.8 Å². The SMILES string of the molecule is CC(C)OC(=O)C1COS(=O)(=O)O1.CCC(C)OC(=O)C1COS(=O)(=O)O1.CCCCCCOC(=O)C1COS(=O)(=O)O1.CCCCOC(=O)C1COS(=O)(=O)O1.CCCOC(=O)C1COS(=O)(=O)O1.CCOC(=O)C1COS(=O)(=O)O1.COC(=O)C1COS(=O)(=O)O1. The highest BCUT2D eigenvalue weighted by Gasteiger charge is 2.42. The molecule has 42 nitrogen and oxygen atoms in total. The molecule has 8 atom stereocenters. The third-order valence-corrected chi connectivity index (χ3v) is 16.4. The lowest BCUT2D eigenvalue weighted by Gasteiger charge is -2.12. The van der Waals surface area contributed by atoms with E-state index in [9.17, 15) is 92.5 Å². The van der Waals surface area contributed by atoms with Crippen molar-refractivity contribution in [1.29, 1.82) is 0 Å². The Morgan fingerprint density at radius 2 is 0.602 bits per heavy atom. The van der Waals surface area contributed by atoms with Crippen LogP contribution >= 0.6 is 0 Å². The van der Waals surface area contributed by atoms with Gasteiger partial charge in [-0.3, -0.25) is 0 Å². The normalized spacial score (nSPS) is 25.9. The van der Waals surface area contributed by atoms with Crippen LogP contribution in [0.1, 0.15) is 107 Å². The summed E-state index contributed by atoms with van der Waals surface area (Å²) >= 11 is 0. The topological polar surface area (TPSA) is 552 Å². The molecule has 7 rings (SSSR count). The van der Waals surface area contributed by atoms with Crippen LogP contribution in [0, 0.1) is 0 Å². The van der Waals surface area contributed by atoms with Gasteiger partial charge in [-0.25, -0.2) is 92.1 Å². The summed E-state index contributed by atoms with van der Waals surface area (Å²) in [5, 5.41) is 0. The first-order chi connectivity index (χ1) is 43.1. The van der Waals surface area contributed by atoms with Gasteiger partial charge in [0.25, 0.3) is 0 Å². The van der Waals surface area contributed by atoms with Crippen LogP contribution in [0.25, 0.3) is 0 Å². The van der Waals surface area contributed by atoms with Crippen LogP contribution in [0.3, 0.4) is 0 Å². The first-order valence-corrected chi connectivity index (χ1v) is 36.6. The molecule has 93 heavy (non-hydrogen) atoms. The number of ether oxygens (including phenoxy) is 7. The van der Waals surface area contributed by atoms with Crippen LogP contribution < -0.4 is 0 Å². The van der Waals surface area contributed by atoms with Gasteiger partial charge in [-0.15, -0.1) is 0 Å². The van der Waals surface area contributed by atoms with Crippen LogP contribution in [-0.4, -0.2) is 235 Å². The van der Waals surface area contributed by atoms with Gasteiger partial charge in [0.05, 0.1) is 45.7 Å². The second-order valence-corrected chi connectivity index (χ2v) is 27.0. The summed E-state index contributed by atoms with van der Waals surface area (Å²) in [6.07, 6.45) is -1.66. The van der Waals surface area contributed by atoms with Crippen molar-refractivity contribution in [3.8, 4) is 0 Å². The van der Waals surface area contributed by atoms with Gasteiger partial charge in [-0.2, -0.15) is 58.9 Å². The quantitative estimate of drug-likeness (QED) is 0.0680. The zero-order valence-electron chi connectivity index (χ0n) is 51.1. The van der Waals surface area contributed by atoms with E-state index in [1.165, 1.54) is 0 Å². The molecule has 7 saturated heterocycles. The van der Waals surface area contributed by atoms with Gasteiger partial charge < -0.3 is 33.2 Å². The minimum atomic E-state index is -3.98. The molecule has 0 N–H and O–H groups in total. The zero-order valence-corrected chi connectivity index (χ0v) is 56.9. The maximum atomic E-state index is 11.3. The minimum Gasteiger partial charge on any atom is -0.467 e. The molecule has 544 valence electrons. The Morgan fingerprint density at radius 3 is 0.849 bits per heavy atom. The maximum absolute atomic E-state index is 11.3. The Morgan fingerprint density at radius 1 is 0.333 bits per heavy atom. The molecule has 0 aromatic heterocycles. The number of methoxy groups -OCH3 is 1. The standard InChI is InChI=1S/C9H16O6S.2C7H12O6S.2C6H10O6S.C5H8O6S.C4H6O6S/c1-2-3-4-5-6-13-9(10)8-7-14-16(11,12)15-8;1-3-5(2)12-7(8)6-4-11-14(9,10)13-6;1-2-3-4-11-7(8)6-5-12-14(9,10)13-6;1-4(2)11-6(7)5-3-10-13(8,9)12-5;1-2-3-10-6(7)5-4-11-13(8,9)12-5;1-2-9-5(6)4-3-10-12(7,8)11-4;1-8-4(5)3-2-9-11(6,7)10-3/h8H,2-7H2,1H3;5-6H,3-4H2,1-2H3;6H,2-5H2,1H3;4-5H,3H2,1-2H3;5H,2-4H2,1H3;4H,2-3H2,1H3;3H,2H2,1H3. The number of rotatable bonds is 21. The highest BCUT2D eigenvalue weighted by molar-refractivity contribution is 7.83. The predicted octanol–water partition coefficient (Wildman–Crippen LogP) is -2.02. The van der Waals surface area contributed by atoms with E-state index in [4.69, 9.17) is 18.9 Å². The summed E-state index contributed by atoms with van der Waals surface area (Å²) in [5.41, 5.74) is 0. The van der Waals surface area contributed by atoms with E-state index in [0.717, 1.165) is 45.6 Å². The largest absolute Gasteiger partial charge is 0.467 e. The van der Waals surface area contributed by atoms with Crippen LogP contribution in [0.4, 0.5) is 0 Å². The monoisotopic (exact) mass is 1500 g/mol. The average Bonchev–Trinajstić information content (AvgIpc) is 1.85. The maximum Gasteiger partial charge on any atom is 0.400 e. The molecule has 0 aromatic rings. The van der Waals surface area contributed by atoms with Gasteiger partial charge in [0.1, 0.15) is 46.2 Å². The van der Waals surface area contributed by atoms with Gasteiger partial charge in [0, 0.05) is 0 Å². The molecule has 7 heterocycles. The highest BCUT2D eigenvalue weighted by atomic mass is 32.3. The van der Waals surface area contributed by atoms with E-state index < -0.39 is 157 Å². The van der Waals surface area contributed by atoms with Gasteiger partial charge in [-0.05, 0) is 53.4 Å². The van der Waals surface area contributed by atoms with Crippen molar-refractivity contribution in [2.24, 2.45) is 0 Å². The van der Waals surface area contributed by atoms with E-state index in [1.54, 1.807) is 27.7 Å². The van der Waals surface area contributed by atoms with Gasteiger partial charge >= 0.3 is 115 Å². The Hall–Kier alpha value is -4.62. The van der Waals surface area contributed by atoms with Crippen molar-refractivity contribution in [2.45, 2.75) is 162 Å². The molecule has 0 spiro atoms. The molecular weight excluding hydrogens is 1420 g/mol. The van der Waals surface area contributed by atoms with Crippen LogP contribution in [0.5, 0.6) is 0 Å². The third-order valence-electron chi connectivity index (χ3n) is 10.2. The first kappa shape index (κ1) is 86.4. The number of esters is 7.